The fraction of sp³-hybridized carbons (Fsp3) is 0.417. The summed E-state index contributed by atoms with van der Waals surface area (Å²) in [4.78, 5) is 53.2. The molecule has 3 aromatic heterocycles. The van der Waals surface area contributed by atoms with E-state index in [0.717, 1.165) is 18.9 Å². The molecule has 1 saturated heterocycles. The quantitative estimate of drug-likeness (QED) is 0.260. The van der Waals surface area contributed by atoms with Gasteiger partial charge in [0.1, 0.15) is 16.8 Å². The second-order valence-electron chi connectivity index (χ2n) is 14.7. The van der Waals surface area contributed by atoms with E-state index < -0.39 is 34.7 Å². The zero-order valence-corrected chi connectivity index (χ0v) is 28.5. The summed E-state index contributed by atoms with van der Waals surface area (Å²) in [6, 6.07) is 2.99. The third-order valence-corrected chi connectivity index (χ3v) is 10.1. The summed E-state index contributed by atoms with van der Waals surface area (Å²) in [5.74, 6) is -3.51. The summed E-state index contributed by atoms with van der Waals surface area (Å²) >= 11 is 0. The van der Waals surface area contributed by atoms with Crippen molar-refractivity contribution in [1.82, 2.24) is 19.4 Å². The van der Waals surface area contributed by atoms with Crippen molar-refractivity contribution >= 4 is 34.5 Å². The highest BCUT2D eigenvalue weighted by Gasteiger charge is 2.59. The maximum atomic E-state index is 16.2. The van der Waals surface area contributed by atoms with Gasteiger partial charge in [-0.05, 0) is 59.3 Å². The van der Waals surface area contributed by atoms with Gasteiger partial charge in [0.15, 0.2) is 11.6 Å². The first-order valence-corrected chi connectivity index (χ1v) is 16.2. The molecule has 1 unspecified atom stereocenters. The Hall–Kier alpha value is -4.91. The Morgan fingerprint density at radius 2 is 1.84 bits per heavy atom. The number of hydrogen-bond donors (Lipinski definition) is 1. The number of aryl methyl sites for hydroxylation is 1. The van der Waals surface area contributed by atoms with Crippen LogP contribution in [0.3, 0.4) is 0 Å². The number of benzene rings is 1. The van der Waals surface area contributed by atoms with E-state index >= 15 is 8.78 Å². The number of halogens is 2. The van der Waals surface area contributed by atoms with Gasteiger partial charge in [-0.3, -0.25) is 14.7 Å². The van der Waals surface area contributed by atoms with Crippen molar-refractivity contribution < 1.29 is 28.2 Å². The van der Waals surface area contributed by atoms with Crippen LogP contribution >= 0.6 is 0 Å². The van der Waals surface area contributed by atoms with E-state index in [-0.39, 0.29) is 34.0 Å². The molecule has 49 heavy (non-hydrogen) atoms. The van der Waals surface area contributed by atoms with E-state index in [1.54, 1.807) is 46.3 Å². The molecule has 0 radical (unpaired) electrons. The van der Waals surface area contributed by atoms with Crippen molar-refractivity contribution in [3.8, 4) is 22.3 Å². The minimum atomic E-state index is -1.35. The molecular formula is C36H38F2N6O5. The number of nitrogens with zero attached hydrogens (tertiary/aromatic N) is 6. The van der Waals surface area contributed by atoms with Crippen LogP contribution in [0.15, 0.2) is 35.5 Å². The lowest BCUT2D eigenvalue weighted by molar-refractivity contribution is 0.0588. The minimum Gasteiger partial charge on any atom is -0.477 e. The number of aromatic carboxylic acids is 1. The number of carbonyl (C=O) groups is 2. The largest absolute Gasteiger partial charge is 0.477 e. The molecule has 1 N–H and O–H groups in total. The number of carboxylic acids is 1. The number of pyridine rings is 3. The van der Waals surface area contributed by atoms with Gasteiger partial charge in [-0.15, -0.1) is 0 Å². The smallest absolute Gasteiger partial charge is 0.414 e. The average molecular weight is 673 g/mol. The maximum Gasteiger partial charge on any atom is 0.414 e. The Morgan fingerprint density at radius 1 is 1.10 bits per heavy atom. The fourth-order valence-electron chi connectivity index (χ4n) is 7.71. The first-order valence-electron chi connectivity index (χ1n) is 16.2. The monoisotopic (exact) mass is 672 g/mol. The highest BCUT2D eigenvalue weighted by molar-refractivity contribution is 6.00. The molecule has 4 heterocycles. The minimum absolute atomic E-state index is 0.0310. The van der Waals surface area contributed by atoms with Crippen LogP contribution in [-0.4, -0.2) is 82.5 Å². The van der Waals surface area contributed by atoms with Crippen LogP contribution in [0.5, 0.6) is 0 Å². The van der Waals surface area contributed by atoms with Gasteiger partial charge in [0, 0.05) is 92.0 Å². The molecule has 4 aromatic rings. The van der Waals surface area contributed by atoms with E-state index in [1.807, 2.05) is 0 Å². The van der Waals surface area contributed by atoms with Crippen molar-refractivity contribution in [2.75, 3.05) is 44.0 Å². The Bertz CT molecular complexity index is 2160. The number of rotatable bonds is 5. The van der Waals surface area contributed by atoms with Gasteiger partial charge in [0.25, 0.3) is 0 Å². The molecule has 1 amide bonds. The normalized spacial score (nSPS) is 19.5. The second-order valence-corrected chi connectivity index (χ2v) is 14.7. The molecule has 1 saturated carbocycles. The average Bonchev–Trinajstić information content (AvgIpc) is 3.37. The van der Waals surface area contributed by atoms with Crippen LogP contribution in [0.4, 0.5) is 25.0 Å². The highest BCUT2D eigenvalue weighted by atomic mass is 19.2. The number of fused-ring (bicyclic) bond motifs is 4. The second kappa shape index (κ2) is 11.1. The number of carbonyl (C=O) groups excluding carboxylic acids is 1. The number of aromatic nitrogens is 3. The Morgan fingerprint density at radius 3 is 2.49 bits per heavy atom. The van der Waals surface area contributed by atoms with Crippen LogP contribution in [0, 0.1) is 17.0 Å². The summed E-state index contributed by atoms with van der Waals surface area (Å²) in [5, 5.41) is 9.79. The predicted molar refractivity (Wildman–Crippen MR) is 181 cm³/mol. The number of hydrogen-bond acceptors (Lipinski definition) is 8. The lowest BCUT2D eigenvalue weighted by Gasteiger charge is -2.27. The molecule has 13 heteroatoms. The molecular weight excluding hydrogens is 634 g/mol. The van der Waals surface area contributed by atoms with Crippen molar-refractivity contribution in [1.29, 1.82) is 0 Å². The van der Waals surface area contributed by atoms with Gasteiger partial charge in [-0.1, -0.05) is 0 Å². The molecule has 7 rings (SSSR count). The fourth-order valence-corrected chi connectivity index (χ4v) is 7.71. The molecule has 2 fully saturated rings. The van der Waals surface area contributed by atoms with Crippen LogP contribution in [0.25, 0.3) is 33.3 Å². The summed E-state index contributed by atoms with van der Waals surface area (Å²) < 4.78 is 38.8. The van der Waals surface area contributed by atoms with Gasteiger partial charge in [0.2, 0.25) is 5.43 Å². The third-order valence-electron chi connectivity index (χ3n) is 10.1. The predicted octanol–water partition coefficient (Wildman–Crippen LogP) is 5.44. The maximum absolute atomic E-state index is 16.2. The van der Waals surface area contributed by atoms with Gasteiger partial charge in [-0.25, -0.2) is 23.4 Å². The number of amides is 1. The molecule has 2 aliphatic carbocycles. The summed E-state index contributed by atoms with van der Waals surface area (Å²) in [5.41, 5.74) is 1.70. The van der Waals surface area contributed by atoms with Gasteiger partial charge < -0.3 is 24.2 Å². The van der Waals surface area contributed by atoms with Crippen molar-refractivity contribution in [3.63, 3.8) is 0 Å². The topological polar surface area (TPSA) is 121 Å². The zero-order valence-electron chi connectivity index (χ0n) is 28.5. The highest BCUT2D eigenvalue weighted by Crippen LogP contribution is 2.58. The lowest BCUT2D eigenvalue weighted by Crippen LogP contribution is -2.34. The van der Waals surface area contributed by atoms with Crippen molar-refractivity contribution in [2.45, 2.75) is 51.7 Å². The summed E-state index contributed by atoms with van der Waals surface area (Å²) in [7, 11) is 7.20. The first kappa shape index (κ1) is 32.6. The standard InChI is InChI=1S/C36H38F2N6O5/c1-35(2,3)49-34(48)43(7)25-12-23(37)29(38)27-19(25)11-24-28(27)30(44-9-8-36(17-44)13-26(36)41(4)5)21(15-39-24)18-10-20-31(45)22(33(46)47)16-42(6)32(20)40-14-18/h10,12,14-16,26H,8-9,11,13,17H2,1-7H3,(H,46,47)/t26-,36?/m0/s1. The van der Waals surface area contributed by atoms with Crippen molar-refractivity contribution in [3.05, 3.63) is 69.4 Å². The van der Waals surface area contributed by atoms with E-state index in [4.69, 9.17) is 9.72 Å². The van der Waals surface area contributed by atoms with Crippen LogP contribution < -0.4 is 15.2 Å². The molecule has 256 valence electrons. The van der Waals surface area contributed by atoms with E-state index in [9.17, 15) is 19.5 Å². The number of ether oxygens (including phenoxy) is 1. The molecule has 0 bridgehead atoms. The van der Waals surface area contributed by atoms with Crippen molar-refractivity contribution in [2.24, 2.45) is 12.5 Å². The van der Waals surface area contributed by atoms with E-state index in [0.29, 0.717) is 58.4 Å². The zero-order chi connectivity index (χ0) is 35.3. The van der Waals surface area contributed by atoms with Crippen LogP contribution in [-0.2, 0) is 18.2 Å². The summed E-state index contributed by atoms with van der Waals surface area (Å²) in [6.07, 6.45) is 5.82. The van der Waals surface area contributed by atoms with Crippen LogP contribution in [0.1, 0.15) is 55.2 Å². The molecule has 2 atom stereocenters. The lowest BCUT2D eigenvalue weighted by atomic mass is 9.96. The van der Waals surface area contributed by atoms with Crippen LogP contribution in [0.2, 0.25) is 0 Å². The van der Waals surface area contributed by atoms with E-state index in [2.05, 4.69) is 28.9 Å². The molecule has 1 aliphatic heterocycles. The molecule has 11 nitrogen and oxygen atoms in total. The molecule has 1 aromatic carbocycles. The van der Waals surface area contributed by atoms with Gasteiger partial charge >= 0.3 is 12.1 Å². The Balaban J connectivity index is 1.45. The Kier molecular flexibility index (Phi) is 7.36. The molecule has 3 aliphatic rings. The van der Waals surface area contributed by atoms with Gasteiger partial charge in [0.05, 0.1) is 22.5 Å². The van der Waals surface area contributed by atoms with Gasteiger partial charge in [-0.2, -0.15) is 0 Å². The summed E-state index contributed by atoms with van der Waals surface area (Å²) in [6.45, 7) is 6.50. The van der Waals surface area contributed by atoms with E-state index in [1.165, 1.54) is 22.7 Å². The molecule has 1 spiro atoms. The number of carboxylic acid groups (broad SMARTS) is 1. The Labute approximate surface area is 281 Å². The number of anilines is 2. The third kappa shape index (κ3) is 5.22. The SMILES string of the molecule is CN(C(=O)OC(C)(C)C)c1cc(F)c(F)c2c1Cc1ncc(-c3cnc4c(c3)c(=O)c(C(=O)O)cn4C)c(N3CCC4(C[C@@H]4N(C)C)C3)c1-2. The first-order chi connectivity index (χ1) is 23.0.